The van der Waals surface area contributed by atoms with Gasteiger partial charge in [0, 0.05) is 16.6 Å². The summed E-state index contributed by atoms with van der Waals surface area (Å²) in [6, 6.07) is 7.63. The van der Waals surface area contributed by atoms with E-state index in [-0.39, 0.29) is 17.7 Å². The molecule has 1 saturated heterocycles. The molecule has 1 aromatic heterocycles. The van der Waals surface area contributed by atoms with Gasteiger partial charge in [-0.15, -0.1) is 0 Å². The number of quaternary nitrogens is 1. The van der Waals surface area contributed by atoms with Crippen molar-refractivity contribution in [2.45, 2.75) is 19.9 Å². The molecule has 1 aliphatic heterocycles. The molecular weight excluding hydrogens is 266 g/mol. The molecule has 0 aliphatic carbocycles. The summed E-state index contributed by atoms with van der Waals surface area (Å²) in [4.78, 5) is 28.7. The van der Waals surface area contributed by atoms with E-state index in [9.17, 15) is 9.59 Å². The predicted molar refractivity (Wildman–Crippen MR) is 80.5 cm³/mol. The number of H-pyrrole nitrogens is 1. The third kappa shape index (κ3) is 2.45. The summed E-state index contributed by atoms with van der Waals surface area (Å²) in [7, 11) is 0. The van der Waals surface area contributed by atoms with Gasteiger partial charge in [-0.25, -0.2) is 0 Å². The molecule has 2 atom stereocenters. The number of benzene rings is 1. The Balaban J connectivity index is 1.93. The molecule has 3 N–H and O–H groups in total. The fourth-order valence-electron chi connectivity index (χ4n) is 3.09. The standard InChI is InChI=1S/C16H19N3O2/c1-10-15(12-5-3-4-6-13(12)18-10)16(21)11(2)19-8-7-17-14(20)9-19/h3-6,11,18H,7-9H2,1-2H3,(H,17,20)/p+1/t11-/m0/s1. The van der Waals surface area contributed by atoms with E-state index in [1.54, 1.807) is 0 Å². The average Bonchev–Trinajstić information content (AvgIpc) is 2.81. The van der Waals surface area contributed by atoms with Gasteiger partial charge in [-0.1, -0.05) is 18.2 Å². The van der Waals surface area contributed by atoms with Gasteiger partial charge in [0.15, 0.2) is 6.54 Å². The lowest BCUT2D eigenvalue weighted by atomic mass is 10.0. The zero-order chi connectivity index (χ0) is 15.0. The second kappa shape index (κ2) is 5.33. The van der Waals surface area contributed by atoms with Gasteiger partial charge in [-0.3, -0.25) is 9.59 Å². The van der Waals surface area contributed by atoms with E-state index in [2.05, 4.69) is 10.3 Å². The van der Waals surface area contributed by atoms with E-state index in [1.807, 2.05) is 38.1 Å². The summed E-state index contributed by atoms with van der Waals surface area (Å²) in [5.74, 6) is 0.126. The van der Waals surface area contributed by atoms with Gasteiger partial charge in [0.05, 0.1) is 18.7 Å². The van der Waals surface area contributed by atoms with Crippen LogP contribution in [0.1, 0.15) is 23.0 Å². The molecule has 0 bridgehead atoms. The first kappa shape index (κ1) is 13.8. The summed E-state index contributed by atoms with van der Waals surface area (Å²) in [5.41, 5.74) is 2.64. The van der Waals surface area contributed by atoms with Crippen LogP contribution >= 0.6 is 0 Å². The summed E-state index contributed by atoms with van der Waals surface area (Å²) in [6.07, 6.45) is 0. The third-order valence-corrected chi connectivity index (χ3v) is 4.30. The zero-order valence-corrected chi connectivity index (χ0v) is 12.3. The molecule has 1 aromatic carbocycles. The number of aromatic nitrogens is 1. The first-order chi connectivity index (χ1) is 10.1. The topological polar surface area (TPSA) is 66.4 Å². The van der Waals surface area contributed by atoms with Crippen molar-refractivity contribution >= 4 is 22.6 Å². The number of carbonyl (C=O) groups is 2. The van der Waals surface area contributed by atoms with Crippen LogP contribution in [-0.4, -0.2) is 42.4 Å². The van der Waals surface area contributed by atoms with Crippen molar-refractivity contribution in [2.24, 2.45) is 0 Å². The number of ketones is 1. The monoisotopic (exact) mass is 286 g/mol. The number of para-hydroxylation sites is 1. The minimum Gasteiger partial charge on any atom is -0.358 e. The molecule has 21 heavy (non-hydrogen) atoms. The van der Waals surface area contributed by atoms with Crippen LogP contribution in [0.3, 0.4) is 0 Å². The molecule has 5 nitrogen and oxygen atoms in total. The Morgan fingerprint density at radius 3 is 2.86 bits per heavy atom. The first-order valence-corrected chi connectivity index (χ1v) is 7.30. The van der Waals surface area contributed by atoms with Gasteiger partial charge in [-0.05, 0) is 19.9 Å². The number of carbonyl (C=O) groups excluding carboxylic acids is 2. The number of piperazine rings is 1. The maximum atomic E-state index is 12.9. The molecular formula is C16H20N3O2+. The highest BCUT2D eigenvalue weighted by molar-refractivity contribution is 6.10. The smallest absolute Gasteiger partial charge is 0.275 e. The molecule has 110 valence electrons. The summed E-state index contributed by atoms with van der Waals surface area (Å²) < 4.78 is 0. The number of Topliss-reactive ketones (excluding diaryl/α,β-unsaturated/α-hetero) is 1. The highest BCUT2D eigenvalue weighted by Gasteiger charge is 2.32. The second-order valence-electron chi connectivity index (χ2n) is 5.69. The number of hydrogen-bond donors (Lipinski definition) is 3. The lowest BCUT2D eigenvalue weighted by molar-refractivity contribution is -0.907. The highest BCUT2D eigenvalue weighted by Crippen LogP contribution is 2.22. The average molecular weight is 286 g/mol. The molecule has 2 heterocycles. The van der Waals surface area contributed by atoms with Crippen molar-refractivity contribution in [3.05, 3.63) is 35.5 Å². The number of amides is 1. The van der Waals surface area contributed by atoms with E-state index in [4.69, 9.17) is 0 Å². The molecule has 5 heteroatoms. The molecule has 1 aliphatic rings. The number of nitrogens with one attached hydrogen (secondary N) is 3. The Morgan fingerprint density at radius 1 is 1.33 bits per heavy atom. The third-order valence-electron chi connectivity index (χ3n) is 4.30. The lowest BCUT2D eigenvalue weighted by Gasteiger charge is -2.28. The number of hydrogen-bond acceptors (Lipinski definition) is 2. The van der Waals surface area contributed by atoms with Crippen molar-refractivity contribution < 1.29 is 14.5 Å². The van der Waals surface area contributed by atoms with Gasteiger partial charge in [0.1, 0.15) is 6.04 Å². The van der Waals surface area contributed by atoms with Gasteiger partial charge in [-0.2, -0.15) is 0 Å². The highest BCUT2D eigenvalue weighted by atomic mass is 16.2. The van der Waals surface area contributed by atoms with Gasteiger partial charge < -0.3 is 15.2 Å². The maximum absolute atomic E-state index is 12.9. The largest absolute Gasteiger partial charge is 0.358 e. The van der Waals surface area contributed by atoms with Crippen molar-refractivity contribution in [3.8, 4) is 0 Å². The maximum Gasteiger partial charge on any atom is 0.275 e. The number of fused-ring (bicyclic) bond motifs is 1. The van der Waals surface area contributed by atoms with Gasteiger partial charge >= 0.3 is 0 Å². The van der Waals surface area contributed by atoms with Crippen molar-refractivity contribution in [3.63, 3.8) is 0 Å². The summed E-state index contributed by atoms with van der Waals surface area (Å²) >= 11 is 0. The minimum atomic E-state index is -0.214. The van der Waals surface area contributed by atoms with E-state index in [0.29, 0.717) is 13.1 Å². The van der Waals surface area contributed by atoms with Crippen molar-refractivity contribution in [1.82, 2.24) is 10.3 Å². The number of rotatable bonds is 3. The van der Waals surface area contributed by atoms with Gasteiger partial charge in [0.2, 0.25) is 5.78 Å². The number of aromatic amines is 1. The van der Waals surface area contributed by atoms with Crippen molar-refractivity contribution in [2.75, 3.05) is 19.6 Å². The van der Waals surface area contributed by atoms with E-state index in [1.165, 1.54) is 0 Å². The van der Waals surface area contributed by atoms with Crippen LogP contribution in [0.15, 0.2) is 24.3 Å². The van der Waals surface area contributed by atoms with E-state index >= 15 is 0 Å². The Hall–Kier alpha value is -2.14. The summed E-state index contributed by atoms with van der Waals surface area (Å²) in [5, 5.41) is 3.77. The Kier molecular flexibility index (Phi) is 3.51. The molecule has 0 radical (unpaired) electrons. The molecule has 1 fully saturated rings. The van der Waals surface area contributed by atoms with Crippen LogP contribution in [0.5, 0.6) is 0 Å². The SMILES string of the molecule is Cc1[nH]c2ccccc2c1C(=O)[C@H](C)[NH+]1CCNC(=O)C1. The van der Waals surface area contributed by atoms with Crippen LogP contribution in [-0.2, 0) is 4.79 Å². The Morgan fingerprint density at radius 2 is 2.10 bits per heavy atom. The molecule has 1 unspecified atom stereocenters. The van der Waals surface area contributed by atoms with E-state index < -0.39 is 0 Å². The molecule has 1 amide bonds. The lowest BCUT2D eigenvalue weighted by Crippen LogP contribution is -3.19. The van der Waals surface area contributed by atoms with Gasteiger partial charge in [0.25, 0.3) is 5.91 Å². The molecule has 2 aromatic rings. The van der Waals surface area contributed by atoms with Crippen LogP contribution in [0.25, 0.3) is 10.9 Å². The number of aryl methyl sites for hydroxylation is 1. The molecule has 3 rings (SSSR count). The first-order valence-electron chi connectivity index (χ1n) is 7.30. The Labute approximate surface area is 123 Å². The van der Waals surface area contributed by atoms with E-state index in [0.717, 1.165) is 33.6 Å². The normalized spacial score (nSPS) is 20.3. The van der Waals surface area contributed by atoms with Crippen molar-refractivity contribution in [1.29, 1.82) is 0 Å². The molecule has 0 saturated carbocycles. The predicted octanol–water partition coefficient (Wildman–Crippen LogP) is 0.0622. The minimum absolute atomic E-state index is 0.0200. The quantitative estimate of drug-likeness (QED) is 0.699. The van der Waals surface area contributed by atoms with Crippen LogP contribution in [0, 0.1) is 6.92 Å². The van der Waals surface area contributed by atoms with Crippen LogP contribution in [0.4, 0.5) is 0 Å². The summed E-state index contributed by atoms with van der Waals surface area (Å²) in [6.45, 7) is 5.64. The fourth-order valence-corrected chi connectivity index (χ4v) is 3.09. The molecule has 0 spiro atoms. The Bertz CT molecular complexity index is 705. The van der Waals surface area contributed by atoms with Crippen LogP contribution < -0.4 is 10.2 Å². The zero-order valence-electron chi connectivity index (χ0n) is 12.3. The second-order valence-corrected chi connectivity index (χ2v) is 5.69. The fraction of sp³-hybridized carbons (Fsp3) is 0.375. The van der Waals surface area contributed by atoms with Crippen LogP contribution in [0.2, 0.25) is 0 Å².